The summed E-state index contributed by atoms with van der Waals surface area (Å²) in [6.07, 6.45) is 6.64. The Morgan fingerprint density at radius 3 is 2.75 bits per heavy atom. The first kappa shape index (κ1) is 23.3. The molecule has 1 N–H and O–H groups in total. The average Bonchev–Trinajstić information content (AvgIpc) is 3.46. The Morgan fingerprint density at radius 1 is 1.11 bits per heavy atom. The molecule has 1 fully saturated rings. The maximum Gasteiger partial charge on any atom is 0.266 e. The standard InChI is InChI=1S/C25H25FN8O2/c26-20-6-4-18(5-7-20)21-8-9-24(35)34(31-21)14-11-27-25(36)19-3-1-12-32(16-19)22-15-23(29-17-28-22)33-13-2-10-30-33/h2,4-10,13,15,17,19H,1,3,11-12,14,16H2,(H,27,36). The van der Waals surface area contributed by atoms with Gasteiger partial charge in [-0.25, -0.2) is 23.7 Å². The van der Waals surface area contributed by atoms with E-state index in [9.17, 15) is 14.0 Å². The zero-order chi connectivity index (χ0) is 24.9. The molecule has 3 aromatic heterocycles. The van der Waals surface area contributed by atoms with Gasteiger partial charge in [0.2, 0.25) is 5.91 Å². The molecule has 1 aliphatic rings. The van der Waals surface area contributed by atoms with Crippen molar-refractivity contribution in [3.8, 4) is 17.1 Å². The molecule has 1 atom stereocenters. The minimum Gasteiger partial charge on any atom is -0.356 e. The lowest BCUT2D eigenvalue weighted by Gasteiger charge is -2.32. The molecular formula is C25H25FN8O2. The third-order valence-corrected chi connectivity index (χ3v) is 6.12. The minimum absolute atomic E-state index is 0.0659. The molecule has 36 heavy (non-hydrogen) atoms. The van der Waals surface area contributed by atoms with E-state index in [4.69, 9.17) is 0 Å². The second-order valence-electron chi connectivity index (χ2n) is 8.55. The van der Waals surface area contributed by atoms with Gasteiger partial charge in [-0.2, -0.15) is 10.2 Å². The first-order valence-electron chi connectivity index (χ1n) is 11.8. The Balaban J connectivity index is 1.19. The van der Waals surface area contributed by atoms with Crippen molar-refractivity contribution in [1.29, 1.82) is 0 Å². The Hall–Kier alpha value is -4.41. The van der Waals surface area contributed by atoms with E-state index < -0.39 is 0 Å². The van der Waals surface area contributed by atoms with Crippen LogP contribution in [0.1, 0.15) is 12.8 Å². The first-order valence-corrected chi connectivity index (χ1v) is 11.8. The third-order valence-electron chi connectivity index (χ3n) is 6.12. The molecule has 184 valence electrons. The van der Waals surface area contributed by atoms with Gasteiger partial charge in [0, 0.05) is 49.7 Å². The van der Waals surface area contributed by atoms with Gasteiger partial charge < -0.3 is 10.2 Å². The number of amides is 1. The number of hydrogen-bond acceptors (Lipinski definition) is 7. The van der Waals surface area contributed by atoms with Crippen molar-refractivity contribution >= 4 is 11.7 Å². The molecule has 5 rings (SSSR count). The van der Waals surface area contributed by atoms with Crippen LogP contribution in [0.5, 0.6) is 0 Å². The quantitative estimate of drug-likeness (QED) is 0.424. The fourth-order valence-corrected chi connectivity index (χ4v) is 4.25. The molecule has 0 spiro atoms. The summed E-state index contributed by atoms with van der Waals surface area (Å²) in [5, 5.41) is 11.5. The number of halogens is 1. The molecule has 1 aliphatic heterocycles. The fraction of sp³-hybridized carbons (Fsp3) is 0.280. The van der Waals surface area contributed by atoms with Gasteiger partial charge >= 0.3 is 0 Å². The van der Waals surface area contributed by atoms with Crippen LogP contribution in [0.2, 0.25) is 0 Å². The van der Waals surface area contributed by atoms with Crippen LogP contribution < -0.4 is 15.8 Å². The lowest BCUT2D eigenvalue weighted by Crippen LogP contribution is -2.44. The highest BCUT2D eigenvalue weighted by atomic mass is 19.1. The Labute approximate surface area is 206 Å². The summed E-state index contributed by atoms with van der Waals surface area (Å²) in [5.74, 6) is 0.814. The Kier molecular flexibility index (Phi) is 6.78. The van der Waals surface area contributed by atoms with Crippen LogP contribution in [0.4, 0.5) is 10.2 Å². The first-order chi connectivity index (χ1) is 17.6. The predicted molar refractivity (Wildman–Crippen MR) is 131 cm³/mol. The summed E-state index contributed by atoms with van der Waals surface area (Å²) in [6, 6.07) is 12.6. The van der Waals surface area contributed by atoms with Crippen molar-refractivity contribution in [3.63, 3.8) is 0 Å². The van der Waals surface area contributed by atoms with E-state index in [1.54, 1.807) is 29.1 Å². The summed E-state index contributed by atoms with van der Waals surface area (Å²) in [5.41, 5.74) is 0.996. The zero-order valence-corrected chi connectivity index (χ0v) is 19.5. The van der Waals surface area contributed by atoms with Gasteiger partial charge in [0.15, 0.2) is 5.82 Å². The van der Waals surface area contributed by atoms with Crippen molar-refractivity contribution in [2.45, 2.75) is 19.4 Å². The van der Waals surface area contributed by atoms with Crippen molar-refractivity contribution in [1.82, 2.24) is 34.8 Å². The second kappa shape index (κ2) is 10.5. The highest BCUT2D eigenvalue weighted by molar-refractivity contribution is 5.79. The maximum absolute atomic E-state index is 13.2. The van der Waals surface area contributed by atoms with Gasteiger partial charge in [0.1, 0.15) is 18.0 Å². The second-order valence-corrected chi connectivity index (χ2v) is 8.55. The monoisotopic (exact) mass is 488 g/mol. The maximum atomic E-state index is 13.2. The van der Waals surface area contributed by atoms with Crippen LogP contribution >= 0.6 is 0 Å². The molecule has 1 aromatic carbocycles. The summed E-state index contributed by atoms with van der Waals surface area (Å²) in [6.45, 7) is 1.84. The largest absolute Gasteiger partial charge is 0.356 e. The molecule has 0 aliphatic carbocycles. The Morgan fingerprint density at radius 2 is 1.94 bits per heavy atom. The van der Waals surface area contributed by atoms with Crippen molar-refractivity contribution in [3.05, 3.63) is 83.4 Å². The molecule has 0 radical (unpaired) electrons. The summed E-state index contributed by atoms with van der Waals surface area (Å²) >= 11 is 0. The van der Waals surface area contributed by atoms with Gasteiger partial charge in [0.05, 0.1) is 18.2 Å². The SMILES string of the molecule is O=C(NCCn1nc(-c2ccc(F)cc2)ccc1=O)C1CCCN(c2cc(-n3cccn3)ncn2)C1. The molecule has 11 heteroatoms. The van der Waals surface area contributed by atoms with E-state index in [2.05, 4.69) is 30.4 Å². The van der Waals surface area contributed by atoms with Gasteiger partial charge in [-0.3, -0.25) is 9.59 Å². The van der Waals surface area contributed by atoms with Gasteiger partial charge in [-0.15, -0.1) is 0 Å². The summed E-state index contributed by atoms with van der Waals surface area (Å²) in [7, 11) is 0. The van der Waals surface area contributed by atoms with Crippen molar-refractivity contribution in [2.24, 2.45) is 5.92 Å². The van der Waals surface area contributed by atoms with Gasteiger partial charge in [0.25, 0.3) is 5.56 Å². The smallest absolute Gasteiger partial charge is 0.266 e. The number of anilines is 1. The van der Waals surface area contributed by atoms with E-state index in [1.807, 2.05) is 18.3 Å². The predicted octanol–water partition coefficient (Wildman–Crippen LogP) is 2.06. The van der Waals surface area contributed by atoms with Crippen LogP contribution in [0.15, 0.2) is 72.0 Å². The van der Waals surface area contributed by atoms with Gasteiger partial charge in [-0.1, -0.05) is 0 Å². The number of nitrogens with zero attached hydrogens (tertiary/aromatic N) is 7. The van der Waals surface area contributed by atoms with Gasteiger partial charge in [-0.05, 0) is 49.2 Å². The molecule has 0 bridgehead atoms. The number of piperidine rings is 1. The average molecular weight is 489 g/mol. The van der Waals surface area contributed by atoms with Crippen LogP contribution in [0, 0.1) is 11.7 Å². The molecular weight excluding hydrogens is 463 g/mol. The number of benzene rings is 1. The molecule has 1 amide bonds. The van der Waals surface area contributed by atoms with Crippen LogP contribution in [-0.2, 0) is 11.3 Å². The molecule has 1 unspecified atom stereocenters. The van der Waals surface area contributed by atoms with Crippen molar-refractivity contribution in [2.75, 3.05) is 24.5 Å². The van der Waals surface area contributed by atoms with Crippen LogP contribution in [0.3, 0.4) is 0 Å². The number of carbonyl (C=O) groups is 1. The summed E-state index contributed by atoms with van der Waals surface area (Å²) < 4.78 is 16.2. The topological polar surface area (TPSA) is 111 Å². The molecule has 1 saturated heterocycles. The number of rotatable bonds is 7. The third kappa shape index (κ3) is 5.29. The zero-order valence-electron chi connectivity index (χ0n) is 19.5. The number of aromatic nitrogens is 6. The highest BCUT2D eigenvalue weighted by Crippen LogP contribution is 2.22. The Bertz CT molecular complexity index is 1390. The van der Waals surface area contributed by atoms with E-state index in [0.29, 0.717) is 23.6 Å². The molecule has 10 nitrogen and oxygen atoms in total. The number of carbonyl (C=O) groups excluding carboxylic acids is 1. The lowest BCUT2D eigenvalue weighted by molar-refractivity contribution is -0.125. The fourth-order valence-electron chi connectivity index (χ4n) is 4.25. The normalized spacial score (nSPS) is 15.6. The van der Waals surface area contributed by atoms with E-state index in [-0.39, 0.29) is 36.3 Å². The van der Waals surface area contributed by atoms with E-state index in [0.717, 1.165) is 25.2 Å². The lowest BCUT2D eigenvalue weighted by atomic mass is 9.97. The van der Waals surface area contributed by atoms with Crippen LogP contribution in [0.25, 0.3) is 17.1 Å². The van der Waals surface area contributed by atoms with E-state index in [1.165, 1.54) is 29.2 Å². The van der Waals surface area contributed by atoms with Crippen LogP contribution in [-0.4, -0.2) is 55.1 Å². The number of nitrogens with one attached hydrogen (secondary N) is 1. The van der Waals surface area contributed by atoms with E-state index >= 15 is 0 Å². The van der Waals surface area contributed by atoms with Crippen molar-refractivity contribution < 1.29 is 9.18 Å². The molecule has 4 heterocycles. The summed E-state index contributed by atoms with van der Waals surface area (Å²) in [4.78, 5) is 35.9. The number of hydrogen-bond donors (Lipinski definition) is 1. The molecule has 0 saturated carbocycles. The minimum atomic E-state index is -0.339. The molecule has 4 aromatic rings. The highest BCUT2D eigenvalue weighted by Gasteiger charge is 2.26.